The Balaban J connectivity index is 1.58. The van der Waals surface area contributed by atoms with Gasteiger partial charge in [-0.25, -0.2) is 8.42 Å². The molecular weight excluding hydrogens is 582 g/mol. The minimum Gasteiger partial charge on any atom is -0.497 e. The summed E-state index contributed by atoms with van der Waals surface area (Å²) in [6.45, 7) is 2.90. The minimum absolute atomic E-state index is 0.0358. The number of sulfonamides is 1. The third-order valence-corrected chi connectivity index (χ3v) is 8.58. The molecule has 0 fully saturated rings. The predicted molar refractivity (Wildman–Crippen MR) is 169 cm³/mol. The molecule has 0 saturated heterocycles. The van der Waals surface area contributed by atoms with Crippen LogP contribution in [0.3, 0.4) is 0 Å². The average molecular weight is 624 g/mol. The molecule has 1 aliphatic rings. The van der Waals surface area contributed by atoms with Crippen LogP contribution < -0.4 is 23.8 Å². The summed E-state index contributed by atoms with van der Waals surface area (Å²) in [4.78, 5) is 29.2. The maximum Gasteiger partial charge on any atom is 0.243 e. The van der Waals surface area contributed by atoms with Crippen molar-refractivity contribution in [3.8, 4) is 17.2 Å². The SMILES string of the molecule is CCCCNC(=O)C(Cc1ccccc1)N(Cc1cccc(OC)c1)C(=O)CCCN(c1ccc2c(c1)OCO2)S(C)(=O)=O. The molecule has 2 amide bonds. The van der Waals surface area contributed by atoms with Crippen LogP contribution in [0.5, 0.6) is 17.2 Å². The van der Waals surface area contributed by atoms with E-state index < -0.39 is 16.1 Å². The van der Waals surface area contributed by atoms with Crippen molar-refractivity contribution >= 4 is 27.5 Å². The molecule has 3 aromatic rings. The van der Waals surface area contributed by atoms with Crippen LogP contribution in [0.25, 0.3) is 0 Å². The Morgan fingerprint density at radius 3 is 2.43 bits per heavy atom. The predicted octanol–water partition coefficient (Wildman–Crippen LogP) is 4.53. The number of anilines is 1. The highest BCUT2D eigenvalue weighted by atomic mass is 32.2. The summed E-state index contributed by atoms with van der Waals surface area (Å²) in [5, 5.41) is 3.02. The molecule has 4 rings (SSSR count). The number of ether oxygens (including phenoxy) is 3. The highest BCUT2D eigenvalue weighted by Gasteiger charge is 2.31. The van der Waals surface area contributed by atoms with Crippen LogP contribution in [0.4, 0.5) is 5.69 Å². The topological polar surface area (TPSA) is 114 Å². The lowest BCUT2D eigenvalue weighted by Gasteiger charge is -2.32. The van der Waals surface area contributed by atoms with Gasteiger partial charge in [0.2, 0.25) is 28.6 Å². The Hall–Kier alpha value is -4.25. The molecule has 236 valence electrons. The summed E-state index contributed by atoms with van der Waals surface area (Å²) in [5.74, 6) is 1.19. The smallest absolute Gasteiger partial charge is 0.243 e. The normalized spacial score (nSPS) is 12.8. The van der Waals surface area contributed by atoms with Gasteiger partial charge in [-0.2, -0.15) is 0 Å². The summed E-state index contributed by atoms with van der Waals surface area (Å²) in [6.07, 6.45) is 3.50. The second-order valence-corrected chi connectivity index (χ2v) is 12.6. The second kappa shape index (κ2) is 15.5. The summed E-state index contributed by atoms with van der Waals surface area (Å²) in [6, 6.07) is 21.2. The van der Waals surface area contributed by atoms with E-state index in [-0.39, 0.29) is 44.5 Å². The summed E-state index contributed by atoms with van der Waals surface area (Å²) in [5.41, 5.74) is 2.17. The number of hydrogen-bond acceptors (Lipinski definition) is 7. The van der Waals surface area contributed by atoms with Crippen LogP contribution in [-0.2, 0) is 32.6 Å². The Kier molecular flexibility index (Phi) is 11.5. The highest BCUT2D eigenvalue weighted by molar-refractivity contribution is 7.92. The molecule has 1 aliphatic heterocycles. The van der Waals surface area contributed by atoms with Gasteiger partial charge in [0, 0.05) is 38.5 Å². The van der Waals surface area contributed by atoms with E-state index in [2.05, 4.69) is 12.2 Å². The van der Waals surface area contributed by atoms with E-state index in [4.69, 9.17) is 14.2 Å². The summed E-state index contributed by atoms with van der Waals surface area (Å²) in [7, 11) is -2.08. The summed E-state index contributed by atoms with van der Waals surface area (Å²) < 4.78 is 43.0. The second-order valence-electron chi connectivity index (χ2n) is 10.7. The van der Waals surface area contributed by atoms with Crippen molar-refractivity contribution in [3.63, 3.8) is 0 Å². The van der Waals surface area contributed by atoms with Crippen molar-refractivity contribution in [2.75, 3.05) is 37.6 Å². The van der Waals surface area contributed by atoms with Gasteiger partial charge in [-0.3, -0.25) is 13.9 Å². The maximum absolute atomic E-state index is 14.0. The fourth-order valence-corrected chi connectivity index (χ4v) is 6.03. The van der Waals surface area contributed by atoms with Crippen molar-refractivity contribution in [1.29, 1.82) is 0 Å². The van der Waals surface area contributed by atoms with Crippen molar-refractivity contribution in [3.05, 3.63) is 83.9 Å². The molecule has 0 aromatic heterocycles. The minimum atomic E-state index is -3.66. The van der Waals surface area contributed by atoms with E-state index in [0.717, 1.165) is 30.2 Å². The lowest BCUT2D eigenvalue weighted by molar-refractivity contribution is -0.141. The molecule has 1 N–H and O–H groups in total. The molecule has 1 atom stereocenters. The zero-order valence-electron chi connectivity index (χ0n) is 25.5. The lowest BCUT2D eigenvalue weighted by Crippen LogP contribution is -2.50. The molecule has 44 heavy (non-hydrogen) atoms. The number of nitrogens with zero attached hydrogens (tertiary/aromatic N) is 2. The Morgan fingerprint density at radius 2 is 1.70 bits per heavy atom. The molecule has 1 heterocycles. The average Bonchev–Trinajstić information content (AvgIpc) is 3.49. The molecule has 0 aliphatic carbocycles. The number of rotatable bonds is 16. The fraction of sp³-hybridized carbons (Fsp3) is 0.394. The molecule has 1 unspecified atom stereocenters. The van der Waals surface area contributed by atoms with Gasteiger partial charge in [0.1, 0.15) is 11.8 Å². The number of unbranched alkanes of at least 4 members (excludes halogenated alkanes) is 1. The van der Waals surface area contributed by atoms with Crippen LogP contribution in [0, 0.1) is 0 Å². The highest BCUT2D eigenvalue weighted by Crippen LogP contribution is 2.36. The number of methoxy groups -OCH3 is 1. The fourth-order valence-electron chi connectivity index (χ4n) is 5.07. The number of carbonyl (C=O) groups excluding carboxylic acids is 2. The first kappa shape index (κ1) is 32.7. The summed E-state index contributed by atoms with van der Waals surface area (Å²) >= 11 is 0. The first-order valence-electron chi connectivity index (χ1n) is 14.8. The maximum atomic E-state index is 14.0. The number of amides is 2. The van der Waals surface area contributed by atoms with Gasteiger partial charge < -0.3 is 24.4 Å². The third-order valence-electron chi connectivity index (χ3n) is 7.38. The molecular formula is C33H41N3O7S. The van der Waals surface area contributed by atoms with Gasteiger partial charge in [-0.1, -0.05) is 55.8 Å². The molecule has 11 heteroatoms. The molecule has 0 radical (unpaired) electrons. The standard InChI is InChI=1S/C33H41N3O7S/c1-4-5-18-34-33(38)29(21-25-11-7-6-8-12-25)35(23-26-13-9-14-28(20-26)41-2)32(37)15-10-19-36(44(3,39)40)27-16-17-30-31(22-27)43-24-42-30/h6-9,11-14,16-17,20,22,29H,4-5,10,15,18-19,21,23-24H2,1-3H3,(H,34,38). The Morgan fingerprint density at radius 1 is 0.955 bits per heavy atom. The molecule has 3 aromatic carbocycles. The first-order valence-corrected chi connectivity index (χ1v) is 16.7. The quantitative estimate of drug-likeness (QED) is 0.233. The molecule has 0 spiro atoms. The van der Waals surface area contributed by atoms with Gasteiger partial charge in [0.25, 0.3) is 0 Å². The van der Waals surface area contributed by atoms with E-state index in [1.807, 2.05) is 54.6 Å². The van der Waals surface area contributed by atoms with Crippen LogP contribution in [0.15, 0.2) is 72.8 Å². The number of fused-ring (bicyclic) bond motifs is 1. The molecule has 0 bridgehead atoms. The number of carbonyl (C=O) groups is 2. The van der Waals surface area contributed by atoms with Crippen LogP contribution in [0.2, 0.25) is 0 Å². The zero-order chi connectivity index (χ0) is 31.5. The largest absolute Gasteiger partial charge is 0.497 e. The number of nitrogens with one attached hydrogen (secondary N) is 1. The van der Waals surface area contributed by atoms with Crippen LogP contribution in [-0.4, -0.2) is 64.4 Å². The molecule has 10 nitrogen and oxygen atoms in total. The van der Waals surface area contributed by atoms with Gasteiger partial charge in [-0.15, -0.1) is 0 Å². The Bertz CT molecular complexity index is 1510. The van der Waals surface area contributed by atoms with E-state index in [9.17, 15) is 18.0 Å². The van der Waals surface area contributed by atoms with Gasteiger partial charge >= 0.3 is 0 Å². The van der Waals surface area contributed by atoms with Crippen LogP contribution >= 0.6 is 0 Å². The van der Waals surface area contributed by atoms with Crippen molar-refractivity contribution in [2.24, 2.45) is 0 Å². The van der Waals surface area contributed by atoms with E-state index >= 15 is 0 Å². The van der Waals surface area contributed by atoms with Gasteiger partial charge in [0.15, 0.2) is 11.5 Å². The lowest BCUT2D eigenvalue weighted by atomic mass is 10.0. The van der Waals surface area contributed by atoms with Gasteiger partial charge in [-0.05, 0) is 48.2 Å². The Labute approximate surface area is 260 Å². The zero-order valence-corrected chi connectivity index (χ0v) is 26.3. The molecule has 0 saturated carbocycles. The van der Waals surface area contributed by atoms with E-state index in [1.54, 1.807) is 30.2 Å². The van der Waals surface area contributed by atoms with Crippen molar-refractivity contribution < 1.29 is 32.2 Å². The third kappa shape index (κ3) is 8.89. The van der Waals surface area contributed by atoms with E-state index in [0.29, 0.717) is 35.9 Å². The van der Waals surface area contributed by atoms with Gasteiger partial charge in [0.05, 0.1) is 19.1 Å². The monoisotopic (exact) mass is 623 g/mol. The van der Waals surface area contributed by atoms with Crippen molar-refractivity contribution in [1.82, 2.24) is 10.2 Å². The number of hydrogen-bond donors (Lipinski definition) is 1. The first-order chi connectivity index (χ1) is 21.2. The van der Waals surface area contributed by atoms with Crippen LogP contribution in [0.1, 0.15) is 43.7 Å². The number of benzene rings is 3. The van der Waals surface area contributed by atoms with Crippen molar-refractivity contribution in [2.45, 2.75) is 51.6 Å². The van der Waals surface area contributed by atoms with E-state index in [1.165, 1.54) is 4.31 Å².